The maximum atomic E-state index is 13.3. The largest absolute Gasteiger partial charge is 0.507 e. The number of aliphatic hydroxyl groups is 1. The lowest BCUT2D eigenvalue weighted by Gasteiger charge is -2.26. The number of benzene rings is 3. The highest BCUT2D eigenvalue weighted by molar-refractivity contribution is 6.52. The van der Waals surface area contributed by atoms with E-state index in [1.54, 1.807) is 54.6 Å². The number of amides is 2. The zero-order valence-corrected chi connectivity index (χ0v) is 20.5. The Labute approximate surface area is 212 Å². The van der Waals surface area contributed by atoms with Crippen molar-refractivity contribution in [3.63, 3.8) is 0 Å². The smallest absolute Gasteiger partial charge is 0.300 e. The third kappa shape index (κ3) is 4.63. The number of hydrogen-bond acceptors (Lipinski definition) is 6. The molecule has 1 aliphatic rings. The third-order valence-electron chi connectivity index (χ3n) is 5.77. The van der Waals surface area contributed by atoms with Crippen molar-refractivity contribution in [1.82, 2.24) is 0 Å². The summed E-state index contributed by atoms with van der Waals surface area (Å²) < 4.78 is 10.5. The first-order valence-corrected chi connectivity index (χ1v) is 11.3. The summed E-state index contributed by atoms with van der Waals surface area (Å²) in [5.41, 5.74) is 1.55. The summed E-state index contributed by atoms with van der Waals surface area (Å²) in [7, 11) is 3.00. The Morgan fingerprint density at radius 1 is 0.944 bits per heavy atom. The van der Waals surface area contributed by atoms with E-state index in [1.165, 1.54) is 38.2 Å². The number of carbonyl (C=O) groups excluding carboxylic acids is 3. The number of Topliss-reactive ketones (excluding diaryl/α,β-unsaturated/α-hetero) is 1. The molecule has 2 N–H and O–H groups in total. The molecule has 184 valence electrons. The van der Waals surface area contributed by atoms with Crippen molar-refractivity contribution in [2.45, 2.75) is 13.0 Å². The predicted octanol–water partition coefficient (Wildman–Crippen LogP) is 4.94. The molecule has 2 amide bonds. The molecule has 1 fully saturated rings. The summed E-state index contributed by atoms with van der Waals surface area (Å²) in [4.78, 5) is 39.3. The fraction of sp³-hybridized carbons (Fsp3) is 0.148. The molecule has 9 heteroatoms. The zero-order chi connectivity index (χ0) is 26.0. The summed E-state index contributed by atoms with van der Waals surface area (Å²) in [6, 6.07) is 17.0. The molecule has 0 radical (unpaired) electrons. The third-order valence-corrected chi connectivity index (χ3v) is 6.10. The molecule has 0 bridgehead atoms. The second kappa shape index (κ2) is 10.1. The standard InChI is InChI=1S/C27H23ClN2O6/c1-15(31)29-17-6-8-18(9-7-17)30-24(16-4-10-19(35-2)11-5-16)23(26(33)27(30)34)25(32)21-14-20(36-3)12-13-22(21)28/h4-14,24,32H,1-3H3,(H,29,31)/b25-23+. The normalized spacial score (nSPS) is 16.7. The monoisotopic (exact) mass is 506 g/mol. The number of rotatable bonds is 6. The molecule has 1 atom stereocenters. The molecular weight excluding hydrogens is 484 g/mol. The molecule has 0 saturated carbocycles. The Morgan fingerprint density at radius 3 is 2.14 bits per heavy atom. The number of carbonyl (C=O) groups is 3. The van der Waals surface area contributed by atoms with E-state index < -0.39 is 23.5 Å². The first kappa shape index (κ1) is 24.8. The van der Waals surface area contributed by atoms with Crippen LogP contribution in [0.2, 0.25) is 5.02 Å². The van der Waals surface area contributed by atoms with Crippen LogP contribution in [-0.4, -0.2) is 36.9 Å². The quantitative estimate of drug-likeness (QED) is 0.279. The van der Waals surface area contributed by atoms with E-state index >= 15 is 0 Å². The van der Waals surface area contributed by atoms with Crippen molar-refractivity contribution in [2.24, 2.45) is 0 Å². The number of ketones is 1. The van der Waals surface area contributed by atoms with Crippen molar-refractivity contribution in [1.29, 1.82) is 0 Å². The maximum absolute atomic E-state index is 13.3. The van der Waals surface area contributed by atoms with Gasteiger partial charge in [-0.3, -0.25) is 19.3 Å². The first-order chi connectivity index (χ1) is 17.2. The lowest BCUT2D eigenvalue weighted by Crippen LogP contribution is -2.29. The number of ether oxygens (including phenoxy) is 2. The minimum absolute atomic E-state index is 0.119. The van der Waals surface area contributed by atoms with Gasteiger partial charge in [0, 0.05) is 23.9 Å². The Bertz CT molecular complexity index is 1370. The van der Waals surface area contributed by atoms with Gasteiger partial charge in [0.1, 0.15) is 17.3 Å². The number of anilines is 2. The molecule has 3 aromatic rings. The maximum Gasteiger partial charge on any atom is 0.300 e. The molecule has 1 heterocycles. The highest BCUT2D eigenvalue weighted by Gasteiger charge is 2.47. The molecular formula is C27H23ClN2O6. The van der Waals surface area contributed by atoms with Gasteiger partial charge in [-0.1, -0.05) is 23.7 Å². The fourth-order valence-electron chi connectivity index (χ4n) is 4.07. The molecule has 8 nitrogen and oxygen atoms in total. The van der Waals surface area contributed by atoms with Crippen LogP contribution in [0.25, 0.3) is 5.76 Å². The van der Waals surface area contributed by atoms with E-state index in [4.69, 9.17) is 21.1 Å². The summed E-state index contributed by atoms with van der Waals surface area (Å²) in [5, 5.41) is 14.2. The van der Waals surface area contributed by atoms with Gasteiger partial charge >= 0.3 is 0 Å². The van der Waals surface area contributed by atoms with E-state index in [0.29, 0.717) is 28.4 Å². The Morgan fingerprint density at radius 2 is 1.56 bits per heavy atom. The van der Waals surface area contributed by atoms with Gasteiger partial charge in [-0.15, -0.1) is 0 Å². The lowest BCUT2D eigenvalue weighted by molar-refractivity contribution is -0.132. The molecule has 1 aliphatic heterocycles. The number of nitrogens with one attached hydrogen (secondary N) is 1. The van der Waals surface area contributed by atoms with Gasteiger partial charge in [-0.2, -0.15) is 0 Å². The number of hydrogen-bond donors (Lipinski definition) is 2. The Balaban J connectivity index is 1.90. The fourth-order valence-corrected chi connectivity index (χ4v) is 4.27. The molecule has 4 rings (SSSR count). The van der Waals surface area contributed by atoms with Crippen LogP contribution in [0.5, 0.6) is 11.5 Å². The van der Waals surface area contributed by atoms with Crippen molar-refractivity contribution in [3.8, 4) is 11.5 Å². The van der Waals surface area contributed by atoms with E-state index in [9.17, 15) is 19.5 Å². The van der Waals surface area contributed by atoms with E-state index in [1.807, 2.05) is 0 Å². The SMILES string of the molecule is COc1ccc(C2/C(=C(\O)c3cc(OC)ccc3Cl)C(=O)C(=O)N2c2ccc(NC(C)=O)cc2)cc1. The predicted molar refractivity (Wildman–Crippen MR) is 137 cm³/mol. The van der Waals surface area contributed by atoms with E-state index in [-0.39, 0.29) is 22.1 Å². The second-order valence-corrected chi connectivity index (χ2v) is 8.42. The number of methoxy groups -OCH3 is 2. The second-order valence-electron chi connectivity index (χ2n) is 8.02. The van der Waals surface area contributed by atoms with Crippen molar-refractivity contribution in [3.05, 3.63) is 88.5 Å². The van der Waals surface area contributed by atoms with Crippen molar-refractivity contribution < 1.29 is 29.0 Å². The molecule has 1 saturated heterocycles. The van der Waals surface area contributed by atoms with E-state index in [2.05, 4.69) is 5.32 Å². The molecule has 1 unspecified atom stereocenters. The van der Waals surface area contributed by atoms with E-state index in [0.717, 1.165) is 0 Å². The van der Waals surface area contributed by atoms with Crippen LogP contribution in [0, 0.1) is 0 Å². The number of nitrogens with zero attached hydrogens (tertiary/aromatic N) is 1. The summed E-state index contributed by atoms with van der Waals surface area (Å²) in [5.74, 6) is -1.33. The van der Waals surface area contributed by atoms with Gasteiger partial charge in [0.25, 0.3) is 11.7 Å². The van der Waals surface area contributed by atoms with Crippen LogP contribution < -0.4 is 19.7 Å². The summed E-state index contributed by atoms with van der Waals surface area (Å²) >= 11 is 6.35. The molecule has 0 aromatic heterocycles. The van der Waals surface area contributed by atoms with Gasteiger partial charge in [0.2, 0.25) is 5.91 Å². The summed E-state index contributed by atoms with van der Waals surface area (Å²) in [6.45, 7) is 1.39. The van der Waals surface area contributed by atoms with Crippen LogP contribution in [0.3, 0.4) is 0 Å². The average molecular weight is 507 g/mol. The topological polar surface area (TPSA) is 105 Å². The van der Waals surface area contributed by atoms with Crippen molar-refractivity contribution in [2.75, 3.05) is 24.4 Å². The van der Waals surface area contributed by atoms with Crippen molar-refractivity contribution >= 4 is 46.3 Å². The Hall–Kier alpha value is -4.30. The number of halogens is 1. The van der Waals surface area contributed by atoms with Gasteiger partial charge in [-0.05, 0) is 60.2 Å². The van der Waals surface area contributed by atoms with Crippen LogP contribution in [0.1, 0.15) is 24.1 Å². The molecule has 0 spiro atoms. The lowest BCUT2D eigenvalue weighted by atomic mass is 9.95. The average Bonchev–Trinajstić information content (AvgIpc) is 3.14. The van der Waals surface area contributed by atoms with Crippen LogP contribution in [0.15, 0.2) is 72.3 Å². The molecule has 3 aromatic carbocycles. The molecule has 36 heavy (non-hydrogen) atoms. The van der Waals surface area contributed by atoms with Crippen LogP contribution >= 0.6 is 11.6 Å². The minimum atomic E-state index is -0.954. The first-order valence-electron chi connectivity index (χ1n) is 10.9. The Kier molecular flexibility index (Phi) is 6.98. The minimum Gasteiger partial charge on any atom is -0.507 e. The van der Waals surface area contributed by atoms with Gasteiger partial charge in [0.15, 0.2) is 0 Å². The zero-order valence-electron chi connectivity index (χ0n) is 19.7. The molecule has 0 aliphatic carbocycles. The van der Waals surface area contributed by atoms with Gasteiger partial charge in [0.05, 0.1) is 30.9 Å². The van der Waals surface area contributed by atoms with Crippen LogP contribution in [0.4, 0.5) is 11.4 Å². The highest BCUT2D eigenvalue weighted by Crippen LogP contribution is 2.43. The highest BCUT2D eigenvalue weighted by atomic mass is 35.5. The van der Waals surface area contributed by atoms with Crippen LogP contribution in [-0.2, 0) is 14.4 Å². The van der Waals surface area contributed by atoms with Gasteiger partial charge in [-0.25, -0.2) is 0 Å². The van der Waals surface area contributed by atoms with Gasteiger partial charge < -0.3 is 19.9 Å². The summed E-state index contributed by atoms with van der Waals surface area (Å²) in [6.07, 6.45) is 0. The number of aliphatic hydroxyl groups excluding tert-OH is 1.